The molecule has 0 aliphatic rings. The lowest BCUT2D eigenvalue weighted by molar-refractivity contribution is 0.593. The van der Waals surface area contributed by atoms with Gasteiger partial charge in [-0.15, -0.1) is 0 Å². The van der Waals surface area contributed by atoms with Crippen molar-refractivity contribution in [2.24, 2.45) is 0 Å². The lowest BCUT2D eigenvalue weighted by Gasteiger charge is -2.08. The predicted octanol–water partition coefficient (Wildman–Crippen LogP) is 4.05. The molecule has 0 aromatic heterocycles. The molecule has 2 rings (SSSR count). The van der Waals surface area contributed by atoms with Crippen LogP contribution in [0.4, 0.5) is 8.78 Å². The van der Waals surface area contributed by atoms with E-state index in [1.807, 2.05) is 19.9 Å². The zero-order valence-electron chi connectivity index (χ0n) is 11.1. The van der Waals surface area contributed by atoms with Gasteiger partial charge in [-0.2, -0.15) is 0 Å². The third-order valence-electron chi connectivity index (χ3n) is 2.99. The van der Waals surface area contributed by atoms with E-state index in [0.29, 0.717) is 12.1 Å². The third-order valence-corrected chi connectivity index (χ3v) is 2.99. The Bertz CT molecular complexity index is 559. The van der Waals surface area contributed by atoms with Gasteiger partial charge in [-0.25, -0.2) is 8.78 Å². The van der Waals surface area contributed by atoms with Gasteiger partial charge in [0.25, 0.3) is 0 Å². The summed E-state index contributed by atoms with van der Waals surface area (Å²) in [5.41, 5.74) is 3.06. The van der Waals surface area contributed by atoms with Crippen LogP contribution in [0.25, 0.3) is 11.1 Å². The minimum absolute atomic E-state index is 0.238. The average molecular weight is 261 g/mol. The van der Waals surface area contributed by atoms with Crippen LogP contribution in [0, 0.1) is 18.6 Å². The van der Waals surface area contributed by atoms with Crippen molar-refractivity contribution in [1.29, 1.82) is 0 Å². The van der Waals surface area contributed by atoms with E-state index in [2.05, 4.69) is 5.32 Å². The van der Waals surface area contributed by atoms with Crippen molar-refractivity contribution in [2.45, 2.75) is 20.4 Å². The quantitative estimate of drug-likeness (QED) is 0.875. The Labute approximate surface area is 112 Å². The molecule has 2 aromatic rings. The van der Waals surface area contributed by atoms with Crippen molar-refractivity contribution >= 4 is 0 Å². The molecule has 1 N–H and O–H groups in total. The van der Waals surface area contributed by atoms with Gasteiger partial charge in [0.05, 0.1) is 0 Å². The molecule has 0 fully saturated rings. The lowest BCUT2D eigenvalue weighted by Crippen LogP contribution is -2.12. The number of nitrogens with one attached hydrogen (secondary N) is 1. The standard InChI is InChI=1S/C16H17F2N/c1-3-19-10-14-8-12(4-5-16(14)18)13-6-11(2)7-15(17)9-13/h4-9,19H,3,10H2,1-2H3. The summed E-state index contributed by atoms with van der Waals surface area (Å²) >= 11 is 0. The molecular weight excluding hydrogens is 244 g/mol. The Kier molecular flexibility index (Phi) is 4.27. The highest BCUT2D eigenvalue weighted by Crippen LogP contribution is 2.24. The number of aryl methyl sites for hydroxylation is 1. The molecule has 0 amide bonds. The Morgan fingerprint density at radius 1 is 1.00 bits per heavy atom. The van der Waals surface area contributed by atoms with Crippen molar-refractivity contribution < 1.29 is 8.78 Å². The Balaban J connectivity index is 2.39. The molecule has 0 unspecified atom stereocenters. The molecule has 100 valence electrons. The second kappa shape index (κ2) is 5.93. The fourth-order valence-corrected chi connectivity index (χ4v) is 2.05. The number of halogens is 2. The SMILES string of the molecule is CCNCc1cc(-c2cc(C)cc(F)c2)ccc1F. The normalized spacial score (nSPS) is 10.7. The van der Waals surface area contributed by atoms with Gasteiger partial charge in [0.1, 0.15) is 11.6 Å². The summed E-state index contributed by atoms with van der Waals surface area (Å²) in [6.45, 7) is 5.07. The van der Waals surface area contributed by atoms with E-state index in [4.69, 9.17) is 0 Å². The first-order valence-electron chi connectivity index (χ1n) is 6.37. The first-order chi connectivity index (χ1) is 9.10. The molecule has 19 heavy (non-hydrogen) atoms. The van der Waals surface area contributed by atoms with Gasteiger partial charge in [-0.05, 0) is 54.4 Å². The molecule has 0 aliphatic heterocycles. The molecule has 0 saturated carbocycles. The van der Waals surface area contributed by atoms with E-state index < -0.39 is 0 Å². The molecule has 3 heteroatoms. The Morgan fingerprint density at radius 3 is 2.47 bits per heavy atom. The average Bonchev–Trinajstić information content (AvgIpc) is 2.36. The number of hydrogen-bond donors (Lipinski definition) is 1. The maximum Gasteiger partial charge on any atom is 0.127 e. The summed E-state index contributed by atoms with van der Waals surface area (Å²) in [4.78, 5) is 0. The van der Waals surface area contributed by atoms with Crippen molar-refractivity contribution in [3.05, 3.63) is 59.2 Å². The zero-order valence-corrected chi connectivity index (χ0v) is 11.1. The van der Waals surface area contributed by atoms with Crippen LogP contribution in [0.3, 0.4) is 0 Å². The molecule has 0 atom stereocenters. The Morgan fingerprint density at radius 2 is 1.79 bits per heavy atom. The molecule has 0 aliphatic carbocycles. The molecular formula is C16H17F2N. The molecule has 1 nitrogen and oxygen atoms in total. The van der Waals surface area contributed by atoms with Gasteiger partial charge in [-0.1, -0.05) is 19.1 Å². The maximum atomic E-state index is 13.7. The van der Waals surface area contributed by atoms with E-state index in [1.54, 1.807) is 12.1 Å². The summed E-state index contributed by atoms with van der Waals surface area (Å²) < 4.78 is 27.1. The van der Waals surface area contributed by atoms with Crippen LogP contribution in [0.5, 0.6) is 0 Å². The molecule has 0 saturated heterocycles. The number of benzene rings is 2. The molecule has 0 bridgehead atoms. The van der Waals surface area contributed by atoms with Gasteiger partial charge >= 0.3 is 0 Å². The van der Waals surface area contributed by atoms with Gasteiger partial charge < -0.3 is 5.32 Å². The topological polar surface area (TPSA) is 12.0 Å². The monoisotopic (exact) mass is 261 g/mol. The van der Waals surface area contributed by atoms with Crippen molar-refractivity contribution in [1.82, 2.24) is 5.32 Å². The zero-order chi connectivity index (χ0) is 13.8. The number of hydrogen-bond acceptors (Lipinski definition) is 1. The van der Waals surface area contributed by atoms with Gasteiger partial charge in [0.15, 0.2) is 0 Å². The van der Waals surface area contributed by atoms with Crippen molar-refractivity contribution in [3.63, 3.8) is 0 Å². The largest absolute Gasteiger partial charge is 0.313 e. The van der Waals surface area contributed by atoms with E-state index in [1.165, 1.54) is 18.2 Å². The van der Waals surface area contributed by atoms with E-state index >= 15 is 0 Å². The summed E-state index contributed by atoms with van der Waals surface area (Å²) in [6, 6.07) is 9.73. The predicted molar refractivity (Wildman–Crippen MR) is 73.9 cm³/mol. The second-order valence-electron chi connectivity index (χ2n) is 4.60. The summed E-state index contributed by atoms with van der Waals surface area (Å²) in [5, 5.41) is 3.09. The molecule has 0 spiro atoms. The second-order valence-corrected chi connectivity index (χ2v) is 4.60. The highest BCUT2D eigenvalue weighted by atomic mass is 19.1. The lowest BCUT2D eigenvalue weighted by atomic mass is 10.0. The highest BCUT2D eigenvalue weighted by Gasteiger charge is 2.06. The van der Waals surface area contributed by atoms with Crippen molar-refractivity contribution in [2.75, 3.05) is 6.54 Å². The Hall–Kier alpha value is -1.74. The molecule has 0 radical (unpaired) electrons. The minimum atomic E-state index is -0.271. The summed E-state index contributed by atoms with van der Waals surface area (Å²) in [6.07, 6.45) is 0. The smallest absolute Gasteiger partial charge is 0.127 e. The summed E-state index contributed by atoms with van der Waals surface area (Å²) in [7, 11) is 0. The van der Waals surface area contributed by atoms with Crippen LogP contribution in [-0.2, 0) is 6.54 Å². The van der Waals surface area contributed by atoms with E-state index in [-0.39, 0.29) is 11.6 Å². The maximum absolute atomic E-state index is 13.7. The minimum Gasteiger partial charge on any atom is -0.313 e. The van der Waals surface area contributed by atoms with E-state index in [0.717, 1.165) is 23.2 Å². The van der Waals surface area contributed by atoms with Gasteiger partial charge in [-0.3, -0.25) is 0 Å². The number of rotatable bonds is 4. The van der Waals surface area contributed by atoms with Gasteiger partial charge in [0, 0.05) is 12.1 Å². The van der Waals surface area contributed by atoms with Gasteiger partial charge in [0.2, 0.25) is 0 Å². The first-order valence-corrected chi connectivity index (χ1v) is 6.37. The van der Waals surface area contributed by atoms with Crippen LogP contribution >= 0.6 is 0 Å². The van der Waals surface area contributed by atoms with E-state index in [9.17, 15) is 8.78 Å². The van der Waals surface area contributed by atoms with Crippen LogP contribution in [0.15, 0.2) is 36.4 Å². The summed E-state index contributed by atoms with van der Waals surface area (Å²) in [5.74, 6) is -0.509. The molecule has 2 aromatic carbocycles. The van der Waals surface area contributed by atoms with Crippen LogP contribution in [0.2, 0.25) is 0 Å². The molecule has 0 heterocycles. The fraction of sp³-hybridized carbons (Fsp3) is 0.250. The van der Waals surface area contributed by atoms with Crippen LogP contribution in [-0.4, -0.2) is 6.54 Å². The fourth-order valence-electron chi connectivity index (χ4n) is 2.05. The van der Waals surface area contributed by atoms with Crippen molar-refractivity contribution in [3.8, 4) is 11.1 Å². The third kappa shape index (κ3) is 3.38. The highest BCUT2D eigenvalue weighted by molar-refractivity contribution is 5.65. The van der Waals surface area contributed by atoms with Crippen LogP contribution < -0.4 is 5.32 Å². The van der Waals surface area contributed by atoms with Crippen LogP contribution in [0.1, 0.15) is 18.1 Å². The first kappa shape index (κ1) is 13.7.